The first-order valence-electron chi connectivity index (χ1n) is 9.29. The SMILES string of the molecule is C[C@@H]1CN(S(=O)(=O)c2ccc(NC(=O)CNc3ccccc3Br)cc2)C[C@H](C)O1. The molecule has 1 saturated heterocycles. The minimum absolute atomic E-state index is 0.0895. The third-order valence-corrected chi connectivity index (χ3v) is 7.01. The second-order valence-corrected chi connectivity index (χ2v) is 9.78. The zero-order chi connectivity index (χ0) is 21.0. The van der Waals surface area contributed by atoms with Crippen molar-refractivity contribution in [3.05, 3.63) is 53.0 Å². The van der Waals surface area contributed by atoms with Gasteiger partial charge in [-0.05, 0) is 66.2 Å². The molecule has 156 valence electrons. The van der Waals surface area contributed by atoms with Crippen molar-refractivity contribution in [2.75, 3.05) is 30.3 Å². The highest BCUT2D eigenvalue weighted by atomic mass is 79.9. The zero-order valence-electron chi connectivity index (χ0n) is 16.3. The van der Waals surface area contributed by atoms with E-state index in [0.29, 0.717) is 18.8 Å². The van der Waals surface area contributed by atoms with Gasteiger partial charge in [-0.3, -0.25) is 4.79 Å². The van der Waals surface area contributed by atoms with Crippen molar-refractivity contribution in [1.29, 1.82) is 0 Å². The molecule has 0 saturated carbocycles. The van der Waals surface area contributed by atoms with Crippen molar-refractivity contribution >= 4 is 43.2 Å². The van der Waals surface area contributed by atoms with Crippen LogP contribution in [-0.4, -0.2) is 50.5 Å². The number of nitrogens with zero attached hydrogens (tertiary/aromatic N) is 1. The average molecular weight is 482 g/mol. The molecule has 1 amide bonds. The van der Waals surface area contributed by atoms with E-state index in [4.69, 9.17) is 4.74 Å². The fourth-order valence-corrected chi connectivity index (χ4v) is 5.19. The van der Waals surface area contributed by atoms with Crippen LogP contribution in [0.15, 0.2) is 57.9 Å². The number of hydrogen-bond acceptors (Lipinski definition) is 5. The molecule has 1 fully saturated rings. The van der Waals surface area contributed by atoms with E-state index in [0.717, 1.165) is 10.2 Å². The number of anilines is 2. The summed E-state index contributed by atoms with van der Waals surface area (Å²) in [5, 5.41) is 5.81. The number of morpholine rings is 1. The summed E-state index contributed by atoms with van der Waals surface area (Å²) in [6.45, 7) is 4.46. The predicted octanol–water partition coefficient (Wildman–Crippen LogP) is 3.30. The number of carbonyl (C=O) groups excluding carboxylic acids is 1. The van der Waals surface area contributed by atoms with Crippen molar-refractivity contribution in [3.8, 4) is 0 Å². The van der Waals surface area contributed by atoms with Crippen LogP contribution in [0.5, 0.6) is 0 Å². The molecule has 0 spiro atoms. The highest BCUT2D eigenvalue weighted by Crippen LogP contribution is 2.23. The molecule has 9 heteroatoms. The lowest BCUT2D eigenvalue weighted by molar-refractivity contribution is -0.114. The summed E-state index contributed by atoms with van der Waals surface area (Å²) in [4.78, 5) is 12.4. The van der Waals surface area contributed by atoms with Gasteiger partial charge in [0.2, 0.25) is 15.9 Å². The molecule has 0 radical (unpaired) electrons. The summed E-state index contributed by atoms with van der Waals surface area (Å²) in [5.41, 5.74) is 1.35. The van der Waals surface area contributed by atoms with E-state index >= 15 is 0 Å². The van der Waals surface area contributed by atoms with E-state index in [2.05, 4.69) is 26.6 Å². The van der Waals surface area contributed by atoms with Crippen LogP contribution < -0.4 is 10.6 Å². The quantitative estimate of drug-likeness (QED) is 0.660. The molecular weight excluding hydrogens is 458 g/mol. The molecule has 0 unspecified atom stereocenters. The van der Waals surface area contributed by atoms with Gasteiger partial charge in [0.05, 0.1) is 23.6 Å². The van der Waals surface area contributed by atoms with E-state index in [-0.39, 0.29) is 29.6 Å². The Kier molecular flexibility index (Phi) is 6.94. The average Bonchev–Trinajstić information content (AvgIpc) is 2.67. The molecule has 2 aromatic carbocycles. The van der Waals surface area contributed by atoms with Gasteiger partial charge in [-0.2, -0.15) is 4.31 Å². The number of nitrogens with one attached hydrogen (secondary N) is 2. The first-order valence-corrected chi connectivity index (χ1v) is 11.5. The van der Waals surface area contributed by atoms with E-state index < -0.39 is 10.0 Å². The Morgan fingerprint density at radius 3 is 2.34 bits per heavy atom. The van der Waals surface area contributed by atoms with Crippen LogP contribution in [0.3, 0.4) is 0 Å². The summed E-state index contributed by atoms with van der Waals surface area (Å²) >= 11 is 3.42. The van der Waals surface area contributed by atoms with E-state index in [9.17, 15) is 13.2 Å². The Hall–Kier alpha value is -1.94. The lowest BCUT2D eigenvalue weighted by atomic mass is 10.3. The summed E-state index contributed by atoms with van der Waals surface area (Å²) in [6.07, 6.45) is -0.298. The normalized spacial score (nSPS) is 20.2. The molecule has 7 nitrogen and oxygen atoms in total. The molecular formula is C20H24BrN3O4S. The van der Waals surface area contributed by atoms with Crippen molar-refractivity contribution in [1.82, 2.24) is 4.31 Å². The van der Waals surface area contributed by atoms with Crippen LogP contribution in [0.4, 0.5) is 11.4 Å². The number of carbonyl (C=O) groups is 1. The number of hydrogen-bond donors (Lipinski definition) is 2. The van der Waals surface area contributed by atoms with E-state index in [1.54, 1.807) is 12.1 Å². The first-order chi connectivity index (χ1) is 13.8. The molecule has 29 heavy (non-hydrogen) atoms. The van der Waals surface area contributed by atoms with Gasteiger partial charge < -0.3 is 15.4 Å². The molecule has 0 aromatic heterocycles. The van der Waals surface area contributed by atoms with Gasteiger partial charge in [-0.25, -0.2) is 8.42 Å². The minimum Gasteiger partial charge on any atom is -0.375 e. The summed E-state index contributed by atoms with van der Waals surface area (Å²) < 4.78 is 33.7. The topological polar surface area (TPSA) is 87.7 Å². The van der Waals surface area contributed by atoms with Crippen LogP contribution in [0, 0.1) is 0 Å². The Morgan fingerprint density at radius 2 is 1.72 bits per heavy atom. The Balaban J connectivity index is 1.61. The Labute approximate surface area is 179 Å². The van der Waals surface area contributed by atoms with Gasteiger partial charge in [-0.1, -0.05) is 12.1 Å². The molecule has 0 bridgehead atoms. The molecule has 1 heterocycles. The maximum Gasteiger partial charge on any atom is 0.243 e. The maximum atomic E-state index is 12.9. The maximum absolute atomic E-state index is 12.9. The van der Waals surface area contributed by atoms with Gasteiger partial charge in [0, 0.05) is 28.9 Å². The van der Waals surface area contributed by atoms with Gasteiger partial charge in [0.1, 0.15) is 0 Å². The van der Waals surface area contributed by atoms with Crippen molar-refractivity contribution in [2.24, 2.45) is 0 Å². The fraction of sp³-hybridized carbons (Fsp3) is 0.350. The second-order valence-electron chi connectivity index (χ2n) is 6.99. The minimum atomic E-state index is -3.60. The summed E-state index contributed by atoms with van der Waals surface area (Å²) in [6, 6.07) is 13.7. The zero-order valence-corrected chi connectivity index (χ0v) is 18.7. The number of halogens is 1. The smallest absolute Gasteiger partial charge is 0.243 e. The van der Waals surface area contributed by atoms with Crippen molar-refractivity contribution < 1.29 is 17.9 Å². The van der Waals surface area contributed by atoms with Crippen LogP contribution >= 0.6 is 15.9 Å². The number of rotatable bonds is 6. The molecule has 1 aliphatic rings. The van der Waals surface area contributed by atoms with Gasteiger partial charge in [-0.15, -0.1) is 0 Å². The summed E-state index contributed by atoms with van der Waals surface area (Å²) in [7, 11) is -3.60. The lowest BCUT2D eigenvalue weighted by Gasteiger charge is -2.34. The highest BCUT2D eigenvalue weighted by Gasteiger charge is 2.32. The molecule has 1 aliphatic heterocycles. The number of sulfonamides is 1. The molecule has 2 N–H and O–H groups in total. The highest BCUT2D eigenvalue weighted by molar-refractivity contribution is 9.10. The van der Waals surface area contributed by atoms with E-state index in [1.807, 2.05) is 38.1 Å². The lowest BCUT2D eigenvalue weighted by Crippen LogP contribution is -2.48. The van der Waals surface area contributed by atoms with Crippen LogP contribution in [0.25, 0.3) is 0 Å². The van der Waals surface area contributed by atoms with Crippen LogP contribution in [0.1, 0.15) is 13.8 Å². The van der Waals surface area contributed by atoms with Crippen molar-refractivity contribution in [2.45, 2.75) is 31.0 Å². The number of para-hydroxylation sites is 1. The van der Waals surface area contributed by atoms with Crippen LogP contribution in [-0.2, 0) is 19.6 Å². The number of amides is 1. The largest absolute Gasteiger partial charge is 0.375 e. The third-order valence-electron chi connectivity index (χ3n) is 4.48. The molecule has 3 rings (SSSR count). The monoisotopic (exact) mass is 481 g/mol. The Morgan fingerprint density at radius 1 is 1.10 bits per heavy atom. The van der Waals surface area contributed by atoms with Crippen molar-refractivity contribution in [3.63, 3.8) is 0 Å². The number of ether oxygens (including phenoxy) is 1. The standard InChI is InChI=1S/C20H24BrN3O4S/c1-14-12-24(13-15(2)28-14)29(26,27)17-9-7-16(8-10-17)23-20(25)11-22-19-6-4-3-5-18(19)21/h3-10,14-15,22H,11-13H2,1-2H3,(H,23,25)/t14-,15+. The molecule has 2 atom stereocenters. The molecule has 0 aliphatic carbocycles. The third kappa shape index (κ3) is 5.57. The number of benzene rings is 2. The molecule has 2 aromatic rings. The predicted molar refractivity (Wildman–Crippen MR) is 116 cm³/mol. The van der Waals surface area contributed by atoms with Gasteiger partial charge in [0.25, 0.3) is 0 Å². The Bertz CT molecular complexity index is 956. The first kappa shape index (κ1) is 21.8. The van der Waals surface area contributed by atoms with Crippen LogP contribution in [0.2, 0.25) is 0 Å². The second kappa shape index (κ2) is 9.25. The fourth-order valence-electron chi connectivity index (χ4n) is 3.17. The van der Waals surface area contributed by atoms with Gasteiger partial charge in [0.15, 0.2) is 0 Å². The van der Waals surface area contributed by atoms with Gasteiger partial charge >= 0.3 is 0 Å². The summed E-state index contributed by atoms with van der Waals surface area (Å²) in [5.74, 6) is -0.229. The van der Waals surface area contributed by atoms with E-state index in [1.165, 1.54) is 16.4 Å².